The predicted molar refractivity (Wildman–Crippen MR) is 88.0 cm³/mol. The first-order valence-electron chi connectivity index (χ1n) is 7.81. The average Bonchev–Trinajstić information content (AvgIpc) is 2.48. The third kappa shape index (κ3) is 6.17. The maximum absolute atomic E-state index is 12.0. The first-order chi connectivity index (χ1) is 10.1. The number of carbonyl (C=O) groups is 1. The van der Waals surface area contributed by atoms with Crippen molar-refractivity contribution in [1.82, 2.24) is 5.32 Å². The molecule has 0 heterocycles. The maximum atomic E-state index is 12.0. The molecule has 4 nitrogen and oxygen atoms in total. The van der Waals surface area contributed by atoms with E-state index >= 15 is 0 Å². The number of anilines is 1. The average molecular weight is 292 g/mol. The number of benzene rings is 1. The van der Waals surface area contributed by atoms with Gasteiger partial charge in [0.2, 0.25) is 0 Å². The number of hydrogen-bond acceptors (Lipinski definition) is 4. The molecule has 0 saturated heterocycles. The van der Waals surface area contributed by atoms with E-state index in [1.807, 2.05) is 18.2 Å². The van der Waals surface area contributed by atoms with Crippen LogP contribution in [-0.2, 0) is 4.74 Å². The number of rotatable bonds is 9. The highest BCUT2D eigenvalue weighted by Gasteiger charge is 2.09. The Bertz CT molecular complexity index is 429. The van der Waals surface area contributed by atoms with Crippen molar-refractivity contribution >= 4 is 11.7 Å². The van der Waals surface area contributed by atoms with Gasteiger partial charge in [-0.25, -0.2) is 4.79 Å². The zero-order valence-corrected chi connectivity index (χ0v) is 13.7. The summed E-state index contributed by atoms with van der Waals surface area (Å²) in [5.74, 6) is 0.349. The Kier molecular flexibility index (Phi) is 7.83. The highest BCUT2D eigenvalue weighted by Crippen LogP contribution is 2.16. The quantitative estimate of drug-likeness (QED) is 0.561. The molecule has 1 aromatic rings. The fourth-order valence-electron chi connectivity index (χ4n) is 2.11. The summed E-state index contributed by atoms with van der Waals surface area (Å²) < 4.78 is 5.29. The van der Waals surface area contributed by atoms with E-state index in [-0.39, 0.29) is 5.97 Å². The zero-order valence-electron chi connectivity index (χ0n) is 13.7. The second-order valence-corrected chi connectivity index (χ2v) is 5.46. The van der Waals surface area contributed by atoms with Crippen LogP contribution in [0.5, 0.6) is 0 Å². The van der Waals surface area contributed by atoms with Gasteiger partial charge in [-0.3, -0.25) is 0 Å². The van der Waals surface area contributed by atoms with Crippen molar-refractivity contribution in [2.24, 2.45) is 5.92 Å². The van der Waals surface area contributed by atoms with Crippen LogP contribution in [0.4, 0.5) is 5.69 Å². The van der Waals surface area contributed by atoms with Crippen LogP contribution in [0, 0.1) is 5.92 Å². The Balaban J connectivity index is 2.49. The van der Waals surface area contributed by atoms with E-state index in [0.717, 1.165) is 25.3 Å². The van der Waals surface area contributed by atoms with E-state index in [2.05, 4.69) is 37.9 Å². The van der Waals surface area contributed by atoms with Gasteiger partial charge in [0.05, 0.1) is 5.56 Å². The van der Waals surface area contributed by atoms with Gasteiger partial charge in [0.15, 0.2) is 0 Å². The Labute approximate surface area is 128 Å². The number of nitrogens with zero attached hydrogens (tertiary/aromatic N) is 1. The lowest BCUT2D eigenvalue weighted by molar-refractivity contribution is 0.0508. The summed E-state index contributed by atoms with van der Waals surface area (Å²) in [6.07, 6.45) is 0. The normalized spacial score (nSPS) is 10.7. The van der Waals surface area contributed by atoms with Crippen molar-refractivity contribution in [3.05, 3.63) is 29.8 Å². The van der Waals surface area contributed by atoms with Gasteiger partial charge in [-0.15, -0.1) is 0 Å². The molecule has 1 rings (SSSR count). The van der Waals surface area contributed by atoms with E-state index in [1.54, 1.807) is 6.07 Å². The number of hydrogen-bond donors (Lipinski definition) is 1. The lowest BCUT2D eigenvalue weighted by Gasteiger charge is -2.21. The fraction of sp³-hybridized carbons (Fsp3) is 0.588. The third-order valence-corrected chi connectivity index (χ3v) is 3.28. The predicted octanol–water partition coefficient (Wildman–Crippen LogP) is 2.94. The fourth-order valence-corrected chi connectivity index (χ4v) is 2.11. The molecule has 0 aliphatic heterocycles. The van der Waals surface area contributed by atoms with Crippen molar-refractivity contribution < 1.29 is 9.53 Å². The molecular formula is C17H28N2O2. The molecule has 0 fully saturated rings. The van der Waals surface area contributed by atoms with Crippen LogP contribution >= 0.6 is 0 Å². The van der Waals surface area contributed by atoms with Crippen LogP contribution in [-0.4, -0.2) is 38.8 Å². The maximum Gasteiger partial charge on any atom is 0.338 e. The summed E-state index contributed by atoms with van der Waals surface area (Å²) >= 11 is 0. The summed E-state index contributed by atoms with van der Waals surface area (Å²) in [6, 6.07) is 7.63. The van der Waals surface area contributed by atoms with Gasteiger partial charge in [0.25, 0.3) is 0 Å². The second kappa shape index (κ2) is 9.40. The topological polar surface area (TPSA) is 41.6 Å². The van der Waals surface area contributed by atoms with Crippen LogP contribution in [0.15, 0.2) is 24.3 Å². The molecule has 0 saturated carbocycles. The largest absolute Gasteiger partial charge is 0.461 e. The minimum absolute atomic E-state index is 0.254. The molecule has 0 aliphatic carbocycles. The molecule has 0 atom stereocenters. The Morgan fingerprint density at radius 1 is 1.29 bits per heavy atom. The first kappa shape index (κ1) is 17.5. The SMILES string of the molecule is CCN(CC)c1cccc(C(=O)OCCNCC(C)C)c1. The minimum Gasteiger partial charge on any atom is -0.461 e. The molecule has 1 N–H and O–H groups in total. The lowest BCUT2D eigenvalue weighted by Crippen LogP contribution is -2.25. The Morgan fingerprint density at radius 2 is 2.00 bits per heavy atom. The summed E-state index contributed by atoms with van der Waals surface area (Å²) in [5, 5.41) is 3.25. The zero-order chi connectivity index (χ0) is 15.7. The molecule has 0 aliphatic rings. The van der Waals surface area contributed by atoms with Crippen molar-refractivity contribution in [3.63, 3.8) is 0 Å². The van der Waals surface area contributed by atoms with E-state index in [9.17, 15) is 4.79 Å². The van der Waals surface area contributed by atoms with E-state index in [4.69, 9.17) is 4.74 Å². The molecule has 0 aromatic heterocycles. The van der Waals surface area contributed by atoms with Gasteiger partial charge in [-0.05, 0) is 44.5 Å². The molecular weight excluding hydrogens is 264 g/mol. The summed E-state index contributed by atoms with van der Waals surface area (Å²) in [4.78, 5) is 14.2. The Morgan fingerprint density at radius 3 is 2.62 bits per heavy atom. The summed E-state index contributed by atoms with van der Waals surface area (Å²) in [5.41, 5.74) is 1.68. The summed E-state index contributed by atoms with van der Waals surface area (Å²) in [7, 11) is 0. The lowest BCUT2D eigenvalue weighted by atomic mass is 10.2. The third-order valence-electron chi connectivity index (χ3n) is 3.28. The smallest absolute Gasteiger partial charge is 0.338 e. The second-order valence-electron chi connectivity index (χ2n) is 5.46. The van der Waals surface area contributed by atoms with E-state index in [0.29, 0.717) is 24.6 Å². The first-order valence-corrected chi connectivity index (χ1v) is 7.81. The van der Waals surface area contributed by atoms with Crippen molar-refractivity contribution in [2.75, 3.05) is 37.7 Å². The van der Waals surface area contributed by atoms with Gasteiger partial charge in [0, 0.05) is 25.3 Å². The highest BCUT2D eigenvalue weighted by molar-refractivity contribution is 5.90. The molecule has 0 bridgehead atoms. The molecule has 0 radical (unpaired) electrons. The minimum atomic E-state index is -0.254. The van der Waals surface area contributed by atoms with Crippen molar-refractivity contribution in [2.45, 2.75) is 27.7 Å². The monoisotopic (exact) mass is 292 g/mol. The van der Waals surface area contributed by atoms with Gasteiger partial charge < -0.3 is 15.0 Å². The molecule has 0 amide bonds. The molecule has 0 unspecified atom stereocenters. The molecule has 4 heteroatoms. The van der Waals surface area contributed by atoms with Gasteiger partial charge in [0.1, 0.15) is 6.61 Å². The standard InChI is InChI=1S/C17H28N2O2/c1-5-19(6-2)16-9-7-8-15(12-16)17(20)21-11-10-18-13-14(3)4/h7-9,12,14,18H,5-6,10-11,13H2,1-4H3. The number of esters is 1. The van der Waals surface area contributed by atoms with Crippen LogP contribution in [0.3, 0.4) is 0 Å². The molecule has 0 spiro atoms. The molecule has 21 heavy (non-hydrogen) atoms. The van der Waals surface area contributed by atoms with Crippen LogP contribution in [0.25, 0.3) is 0 Å². The number of ether oxygens (including phenoxy) is 1. The molecule has 1 aromatic carbocycles. The van der Waals surface area contributed by atoms with Crippen molar-refractivity contribution in [1.29, 1.82) is 0 Å². The van der Waals surface area contributed by atoms with E-state index < -0.39 is 0 Å². The summed E-state index contributed by atoms with van der Waals surface area (Å²) in [6.45, 7) is 12.4. The van der Waals surface area contributed by atoms with Gasteiger partial charge in [-0.1, -0.05) is 19.9 Å². The van der Waals surface area contributed by atoms with Crippen LogP contribution < -0.4 is 10.2 Å². The van der Waals surface area contributed by atoms with Crippen LogP contribution in [0.2, 0.25) is 0 Å². The highest BCUT2D eigenvalue weighted by atomic mass is 16.5. The van der Waals surface area contributed by atoms with Gasteiger partial charge in [-0.2, -0.15) is 0 Å². The number of nitrogens with one attached hydrogen (secondary N) is 1. The Hall–Kier alpha value is -1.55. The number of carbonyl (C=O) groups excluding carboxylic acids is 1. The molecule has 118 valence electrons. The van der Waals surface area contributed by atoms with Crippen LogP contribution in [0.1, 0.15) is 38.1 Å². The van der Waals surface area contributed by atoms with E-state index in [1.165, 1.54) is 0 Å². The van der Waals surface area contributed by atoms with Gasteiger partial charge >= 0.3 is 5.97 Å². The van der Waals surface area contributed by atoms with Crippen molar-refractivity contribution in [3.8, 4) is 0 Å².